The maximum atomic E-state index is 12.6. The predicted octanol–water partition coefficient (Wildman–Crippen LogP) is 5.35. The van der Waals surface area contributed by atoms with Crippen LogP contribution in [0.4, 0.5) is 11.4 Å². The van der Waals surface area contributed by atoms with Gasteiger partial charge in [-0.1, -0.05) is 41.4 Å². The maximum Gasteiger partial charge on any atom is 0.261 e. The SMILES string of the molecule is Cc1ccc(NC(=O)c2cccc(S(=O)(=O)Nc3cccc(Cl)c3)c2)cc1Cl. The zero-order valence-electron chi connectivity index (χ0n) is 14.7. The van der Waals surface area contributed by atoms with Crippen molar-refractivity contribution in [3.05, 3.63) is 87.9 Å². The van der Waals surface area contributed by atoms with Crippen LogP contribution in [-0.4, -0.2) is 14.3 Å². The van der Waals surface area contributed by atoms with Crippen molar-refractivity contribution in [2.75, 3.05) is 10.0 Å². The third-order valence-corrected chi connectivity index (χ3v) is 5.93. The van der Waals surface area contributed by atoms with Gasteiger partial charge in [-0.05, 0) is 61.0 Å². The molecule has 3 aromatic carbocycles. The highest BCUT2D eigenvalue weighted by Gasteiger charge is 2.17. The molecule has 3 aromatic rings. The number of aryl methyl sites for hydroxylation is 1. The Bertz CT molecular complexity index is 1150. The molecule has 0 aliphatic carbocycles. The third-order valence-electron chi connectivity index (χ3n) is 3.91. The van der Waals surface area contributed by atoms with Crippen LogP contribution in [0.1, 0.15) is 15.9 Å². The van der Waals surface area contributed by atoms with Gasteiger partial charge >= 0.3 is 0 Å². The van der Waals surface area contributed by atoms with E-state index < -0.39 is 15.9 Å². The number of benzene rings is 3. The molecule has 0 fully saturated rings. The Kier molecular flexibility index (Phi) is 5.93. The average molecular weight is 435 g/mol. The molecule has 0 heterocycles. The van der Waals surface area contributed by atoms with Crippen molar-refractivity contribution < 1.29 is 13.2 Å². The van der Waals surface area contributed by atoms with Gasteiger partial charge in [-0.3, -0.25) is 9.52 Å². The number of sulfonamides is 1. The van der Waals surface area contributed by atoms with Crippen LogP contribution in [0.25, 0.3) is 0 Å². The van der Waals surface area contributed by atoms with Crippen molar-refractivity contribution >= 4 is 50.5 Å². The lowest BCUT2D eigenvalue weighted by molar-refractivity contribution is 0.102. The van der Waals surface area contributed by atoms with Gasteiger partial charge in [0.15, 0.2) is 0 Å². The van der Waals surface area contributed by atoms with Crippen molar-refractivity contribution in [3.8, 4) is 0 Å². The molecule has 0 unspecified atom stereocenters. The first-order valence-corrected chi connectivity index (χ1v) is 10.4. The summed E-state index contributed by atoms with van der Waals surface area (Å²) in [6.07, 6.45) is 0. The second-order valence-corrected chi connectivity index (χ2v) is 8.59. The zero-order valence-corrected chi connectivity index (χ0v) is 17.1. The van der Waals surface area contributed by atoms with Gasteiger partial charge in [-0.15, -0.1) is 0 Å². The van der Waals surface area contributed by atoms with Gasteiger partial charge in [-0.25, -0.2) is 8.42 Å². The number of carbonyl (C=O) groups is 1. The van der Waals surface area contributed by atoms with Crippen LogP contribution in [0.2, 0.25) is 10.0 Å². The van der Waals surface area contributed by atoms with Gasteiger partial charge in [0.1, 0.15) is 0 Å². The minimum absolute atomic E-state index is 0.0398. The highest BCUT2D eigenvalue weighted by molar-refractivity contribution is 7.92. The van der Waals surface area contributed by atoms with Gasteiger partial charge in [0, 0.05) is 21.3 Å². The first kappa shape index (κ1) is 20.2. The number of carbonyl (C=O) groups excluding carboxylic acids is 1. The summed E-state index contributed by atoms with van der Waals surface area (Å²) in [6, 6.07) is 17.2. The molecule has 0 aromatic heterocycles. The van der Waals surface area contributed by atoms with E-state index in [1.54, 1.807) is 36.4 Å². The number of hydrogen-bond acceptors (Lipinski definition) is 3. The van der Waals surface area contributed by atoms with Crippen LogP contribution in [0.5, 0.6) is 0 Å². The molecule has 28 heavy (non-hydrogen) atoms. The first-order valence-electron chi connectivity index (χ1n) is 8.20. The largest absolute Gasteiger partial charge is 0.322 e. The lowest BCUT2D eigenvalue weighted by Crippen LogP contribution is -2.16. The van der Waals surface area contributed by atoms with Gasteiger partial charge in [0.05, 0.1) is 10.6 Å². The van der Waals surface area contributed by atoms with Crippen LogP contribution in [0, 0.1) is 6.92 Å². The molecule has 0 aliphatic heterocycles. The molecule has 0 atom stereocenters. The topological polar surface area (TPSA) is 75.3 Å². The van der Waals surface area contributed by atoms with E-state index in [1.165, 1.54) is 30.3 Å². The van der Waals surface area contributed by atoms with E-state index in [-0.39, 0.29) is 10.5 Å². The molecule has 144 valence electrons. The molecule has 8 heteroatoms. The molecule has 0 aliphatic rings. The van der Waals surface area contributed by atoms with Gasteiger partial charge in [0.25, 0.3) is 15.9 Å². The number of anilines is 2. The molecule has 0 saturated carbocycles. The number of nitrogens with one attached hydrogen (secondary N) is 2. The van der Waals surface area contributed by atoms with E-state index >= 15 is 0 Å². The molecule has 0 saturated heterocycles. The summed E-state index contributed by atoms with van der Waals surface area (Å²) in [5.41, 5.74) is 1.94. The Hall–Kier alpha value is -2.54. The normalized spacial score (nSPS) is 11.1. The summed E-state index contributed by atoms with van der Waals surface area (Å²) >= 11 is 12.0. The summed E-state index contributed by atoms with van der Waals surface area (Å²) in [6.45, 7) is 1.86. The summed E-state index contributed by atoms with van der Waals surface area (Å²) in [7, 11) is -3.88. The smallest absolute Gasteiger partial charge is 0.261 e. The highest BCUT2D eigenvalue weighted by Crippen LogP contribution is 2.22. The Morgan fingerprint density at radius 1 is 0.893 bits per heavy atom. The number of amides is 1. The monoisotopic (exact) mass is 434 g/mol. The van der Waals surface area contributed by atoms with E-state index in [1.807, 2.05) is 6.92 Å². The third kappa shape index (κ3) is 4.84. The summed E-state index contributed by atoms with van der Waals surface area (Å²) in [5, 5.41) is 3.64. The molecular formula is C20H16Cl2N2O3S. The number of hydrogen-bond donors (Lipinski definition) is 2. The van der Waals surface area contributed by atoms with Gasteiger partial charge in [-0.2, -0.15) is 0 Å². The van der Waals surface area contributed by atoms with Crippen LogP contribution in [-0.2, 0) is 10.0 Å². The molecule has 0 spiro atoms. The standard InChI is InChI=1S/C20H16Cl2N2O3S/c1-13-8-9-16(12-19(13)22)23-20(25)14-4-2-7-18(10-14)28(26,27)24-17-6-3-5-15(21)11-17/h2-12,24H,1H3,(H,23,25). The van der Waals surface area contributed by atoms with Crippen LogP contribution >= 0.6 is 23.2 Å². The van der Waals surface area contributed by atoms with Crippen LogP contribution in [0.3, 0.4) is 0 Å². The van der Waals surface area contributed by atoms with E-state index in [0.29, 0.717) is 21.4 Å². The highest BCUT2D eigenvalue weighted by atomic mass is 35.5. The van der Waals surface area contributed by atoms with E-state index in [2.05, 4.69) is 10.0 Å². The number of rotatable bonds is 5. The van der Waals surface area contributed by atoms with Crippen LogP contribution < -0.4 is 10.0 Å². The second kappa shape index (κ2) is 8.22. The molecule has 0 bridgehead atoms. The Morgan fingerprint density at radius 3 is 2.36 bits per heavy atom. The van der Waals surface area contributed by atoms with Crippen molar-refractivity contribution in [2.45, 2.75) is 11.8 Å². The second-order valence-electron chi connectivity index (χ2n) is 6.06. The van der Waals surface area contributed by atoms with E-state index in [9.17, 15) is 13.2 Å². The maximum absolute atomic E-state index is 12.6. The summed E-state index contributed by atoms with van der Waals surface area (Å²) in [4.78, 5) is 12.5. The first-order chi connectivity index (χ1) is 13.2. The Morgan fingerprint density at radius 2 is 1.64 bits per heavy atom. The minimum Gasteiger partial charge on any atom is -0.322 e. The minimum atomic E-state index is -3.88. The lowest BCUT2D eigenvalue weighted by atomic mass is 10.2. The fraction of sp³-hybridized carbons (Fsp3) is 0.0500. The average Bonchev–Trinajstić information content (AvgIpc) is 2.64. The zero-order chi connectivity index (χ0) is 20.3. The molecular weight excluding hydrogens is 419 g/mol. The predicted molar refractivity (Wildman–Crippen MR) is 113 cm³/mol. The molecule has 2 N–H and O–H groups in total. The Labute approximate surface area is 173 Å². The summed E-state index contributed by atoms with van der Waals surface area (Å²) in [5.74, 6) is -0.445. The van der Waals surface area contributed by atoms with Crippen molar-refractivity contribution in [2.24, 2.45) is 0 Å². The molecule has 5 nitrogen and oxygen atoms in total. The van der Waals surface area contributed by atoms with Crippen molar-refractivity contribution in [3.63, 3.8) is 0 Å². The molecule has 1 amide bonds. The van der Waals surface area contributed by atoms with Gasteiger partial charge < -0.3 is 5.32 Å². The quantitative estimate of drug-likeness (QED) is 0.567. The molecule has 3 rings (SSSR count). The Balaban J connectivity index is 1.82. The van der Waals surface area contributed by atoms with Crippen LogP contribution in [0.15, 0.2) is 71.6 Å². The van der Waals surface area contributed by atoms with Crippen molar-refractivity contribution in [1.29, 1.82) is 0 Å². The number of halogens is 2. The summed E-state index contributed by atoms with van der Waals surface area (Å²) < 4.78 is 27.7. The van der Waals surface area contributed by atoms with E-state index in [0.717, 1.165) is 5.56 Å². The lowest BCUT2D eigenvalue weighted by Gasteiger charge is -2.10. The molecule has 0 radical (unpaired) electrons. The van der Waals surface area contributed by atoms with E-state index in [4.69, 9.17) is 23.2 Å². The fourth-order valence-electron chi connectivity index (χ4n) is 2.44. The van der Waals surface area contributed by atoms with Crippen molar-refractivity contribution in [1.82, 2.24) is 0 Å². The fourth-order valence-corrected chi connectivity index (χ4v) is 3.91. The van der Waals surface area contributed by atoms with Gasteiger partial charge in [0.2, 0.25) is 0 Å².